The van der Waals surface area contributed by atoms with Gasteiger partial charge in [-0.1, -0.05) is 36.4 Å². The average Bonchev–Trinajstić information content (AvgIpc) is 2.85. The highest BCUT2D eigenvalue weighted by molar-refractivity contribution is 6.17. The smallest absolute Gasteiger partial charge is 0.197 e. The molecule has 1 heterocycles. The fourth-order valence-corrected chi connectivity index (χ4v) is 2.39. The zero-order valence-electron chi connectivity index (χ0n) is 10.9. The third-order valence-corrected chi connectivity index (χ3v) is 3.36. The van der Waals surface area contributed by atoms with Crippen LogP contribution in [-0.2, 0) is 0 Å². The van der Waals surface area contributed by atoms with Crippen LogP contribution >= 0.6 is 0 Å². The summed E-state index contributed by atoms with van der Waals surface area (Å²) >= 11 is 0. The highest BCUT2D eigenvalue weighted by atomic mass is 16.3. The van der Waals surface area contributed by atoms with Crippen LogP contribution in [0.4, 0.5) is 0 Å². The van der Waals surface area contributed by atoms with Gasteiger partial charge >= 0.3 is 0 Å². The molecule has 0 fully saturated rings. The molecule has 0 amide bonds. The van der Waals surface area contributed by atoms with Crippen molar-refractivity contribution >= 4 is 16.6 Å². The molecule has 2 nitrogen and oxygen atoms in total. The van der Waals surface area contributed by atoms with E-state index in [-0.39, 0.29) is 5.78 Å². The van der Waals surface area contributed by atoms with Crippen molar-refractivity contribution in [3.8, 4) is 0 Å². The van der Waals surface area contributed by atoms with E-state index in [1.807, 2.05) is 50.2 Å². The molecule has 1 aromatic heterocycles. The molecule has 0 unspecified atom stereocenters. The maximum Gasteiger partial charge on any atom is 0.197 e. The molecule has 0 bridgehead atoms. The minimum atomic E-state index is 0.0196. The summed E-state index contributed by atoms with van der Waals surface area (Å²) in [6.07, 6.45) is 1.53. The third kappa shape index (κ3) is 1.95. The van der Waals surface area contributed by atoms with Gasteiger partial charge in [0, 0.05) is 5.56 Å². The Morgan fingerprint density at radius 2 is 1.84 bits per heavy atom. The molecular formula is C17H14O2. The van der Waals surface area contributed by atoms with Gasteiger partial charge in [-0.05, 0) is 36.2 Å². The van der Waals surface area contributed by atoms with Crippen LogP contribution in [0.15, 0.2) is 53.1 Å². The Labute approximate surface area is 111 Å². The highest BCUT2D eigenvalue weighted by Gasteiger charge is 2.16. The minimum absolute atomic E-state index is 0.0196. The van der Waals surface area contributed by atoms with Gasteiger partial charge in [0.1, 0.15) is 12.0 Å². The highest BCUT2D eigenvalue weighted by Crippen LogP contribution is 2.25. The maximum absolute atomic E-state index is 12.6. The number of carbonyl (C=O) groups is 1. The first kappa shape index (κ1) is 11.7. The molecule has 94 valence electrons. The number of hydrogen-bond donors (Lipinski definition) is 0. The van der Waals surface area contributed by atoms with Crippen molar-refractivity contribution in [2.45, 2.75) is 13.8 Å². The van der Waals surface area contributed by atoms with E-state index in [1.165, 1.54) is 6.26 Å². The Kier molecular flexibility index (Phi) is 2.71. The zero-order chi connectivity index (χ0) is 13.4. The molecule has 3 aromatic rings. The Morgan fingerprint density at radius 3 is 2.58 bits per heavy atom. The molecule has 0 aliphatic rings. The molecule has 3 rings (SSSR count). The van der Waals surface area contributed by atoms with E-state index in [9.17, 15) is 4.79 Å². The number of aryl methyl sites for hydroxylation is 2. The first-order valence-corrected chi connectivity index (χ1v) is 6.25. The Balaban J connectivity index is 2.24. The Bertz CT molecular complexity index is 766. The molecule has 0 saturated heterocycles. The van der Waals surface area contributed by atoms with Crippen molar-refractivity contribution in [1.29, 1.82) is 0 Å². The average molecular weight is 250 g/mol. The van der Waals surface area contributed by atoms with Crippen LogP contribution < -0.4 is 0 Å². The summed E-state index contributed by atoms with van der Waals surface area (Å²) in [5.74, 6) is 0.771. The van der Waals surface area contributed by atoms with Crippen molar-refractivity contribution in [3.63, 3.8) is 0 Å². The molecular weight excluding hydrogens is 236 g/mol. The van der Waals surface area contributed by atoms with Gasteiger partial charge in [-0.25, -0.2) is 0 Å². The number of rotatable bonds is 2. The summed E-state index contributed by atoms with van der Waals surface area (Å²) in [4.78, 5) is 12.6. The predicted molar refractivity (Wildman–Crippen MR) is 75.6 cm³/mol. The quantitative estimate of drug-likeness (QED) is 0.635. The predicted octanol–water partition coefficient (Wildman–Crippen LogP) is 4.28. The topological polar surface area (TPSA) is 30.2 Å². The van der Waals surface area contributed by atoms with E-state index in [0.29, 0.717) is 5.56 Å². The van der Waals surface area contributed by atoms with Crippen LogP contribution in [0.2, 0.25) is 0 Å². The molecule has 0 aliphatic carbocycles. The summed E-state index contributed by atoms with van der Waals surface area (Å²) in [6, 6.07) is 13.8. The van der Waals surface area contributed by atoms with E-state index >= 15 is 0 Å². The Hall–Kier alpha value is -2.35. The van der Waals surface area contributed by atoms with E-state index in [4.69, 9.17) is 4.42 Å². The molecule has 0 saturated carbocycles. The first-order valence-electron chi connectivity index (χ1n) is 6.25. The number of furan rings is 1. The number of carbonyl (C=O) groups excluding carboxylic acids is 1. The summed E-state index contributed by atoms with van der Waals surface area (Å²) in [7, 11) is 0. The second kappa shape index (κ2) is 4.39. The fourth-order valence-electron chi connectivity index (χ4n) is 2.39. The van der Waals surface area contributed by atoms with E-state index in [0.717, 1.165) is 27.7 Å². The van der Waals surface area contributed by atoms with Gasteiger partial charge < -0.3 is 4.42 Å². The minimum Gasteiger partial charge on any atom is -0.469 e. The van der Waals surface area contributed by atoms with E-state index < -0.39 is 0 Å². The molecule has 0 atom stereocenters. The number of ketones is 1. The largest absolute Gasteiger partial charge is 0.469 e. The number of benzene rings is 2. The molecule has 0 radical (unpaired) electrons. The monoisotopic (exact) mass is 250 g/mol. The van der Waals surface area contributed by atoms with Crippen LogP contribution in [0.5, 0.6) is 0 Å². The maximum atomic E-state index is 12.6. The van der Waals surface area contributed by atoms with Gasteiger partial charge in [-0.3, -0.25) is 4.79 Å². The lowest BCUT2D eigenvalue weighted by Crippen LogP contribution is -2.03. The SMILES string of the molecule is Cc1cc(C(=O)c2c(C)ccc3ccccc23)co1. The zero-order valence-corrected chi connectivity index (χ0v) is 10.9. The standard InChI is InChI=1S/C17H14O2/c1-11-7-8-13-5-3-4-6-15(13)16(11)17(18)14-9-12(2)19-10-14/h3-10H,1-2H3. The van der Waals surface area contributed by atoms with E-state index in [2.05, 4.69) is 0 Å². The van der Waals surface area contributed by atoms with Gasteiger partial charge in [0.2, 0.25) is 0 Å². The first-order chi connectivity index (χ1) is 9.16. The van der Waals surface area contributed by atoms with Crippen LogP contribution in [0.1, 0.15) is 27.2 Å². The lowest BCUT2D eigenvalue weighted by molar-refractivity contribution is 0.103. The van der Waals surface area contributed by atoms with Crippen molar-refractivity contribution in [3.05, 3.63) is 71.2 Å². The van der Waals surface area contributed by atoms with Crippen LogP contribution in [0, 0.1) is 13.8 Å². The second-order valence-corrected chi connectivity index (χ2v) is 4.75. The normalized spacial score (nSPS) is 10.8. The molecule has 0 N–H and O–H groups in total. The molecule has 2 heteroatoms. The van der Waals surface area contributed by atoms with Gasteiger partial charge in [0.15, 0.2) is 5.78 Å². The third-order valence-electron chi connectivity index (χ3n) is 3.36. The van der Waals surface area contributed by atoms with Crippen molar-refractivity contribution in [1.82, 2.24) is 0 Å². The van der Waals surface area contributed by atoms with Crippen LogP contribution in [0.25, 0.3) is 10.8 Å². The fraction of sp³-hybridized carbons (Fsp3) is 0.118. The van der Waals surface area contributed by atoms with Crippen molar-refractivity contribution < 1.29 is 9.21 Å². The lowest BCUT2D eigenvalue weighted by Gasteiger charge is -2.08. The second-order valence-electron chi connectivity index (χ2n) is 4.75. The van der Waals surface area contributed by atoms with Crippen molar-refractivity contribution in [2.24, 2.45) is 0 Å². The van der Waals surface area contributed by atoms with Gasteiger partial charge in [0.05, 0.1) is 5.56 Å². The molecule has 2 aromatic carbocycles. The lowest BCUT2D eigenvalue weighted by atomic mass is 9.94. The number of hydrogen-bond acceptors (Lipinski definition) is 2. The molecule has 19 heavy (non-hydrogen) atoms. The summed E-state index contributed by atoms with van der Waals surface area (Å²) in [6.45, 7) is 3.80. The van der Waals surface area contributed by atoms with E-state index in [1.54, 1.807) is 6.07 Å². The number of fused-ring (bicyclic) bond motifs is 1. The molecule has 0 spiro atoms. The van der Waals surface area contributed by atoms with Gasteiger partial charge in [-0.2, -0.15) is 0 Å². The molecule has 0 aliphatic heterocycles. The van der Waals surface area contributed by atoms with Crippen molar-refractivity contribution in [2.75, 3.05) is 0 Å². The van der Waals surface area contributed by atoms with Crippen LogP contribution in [-0.4, -0.2) is 5.78 Å². The van der Waals surface area contributed by atoms with Crippen LogP contribution in [0.3, 0.4) is 0 Å². The Morgan fingerprint density at radius 1 is 1.05 bits per heavy atom. The summed E-state index contributed by atoms with van der Waals surface area (Å²) in [5, 5.41) is 2.07. The summed E-state index contributed by atoms with van der Waals surface area (Å²) in [5.41, 5.74) is 2.36. The van der Waals surface area contributed by atoms with Gasteiger partial charge in [0.25, 0.3) is 0 Å². The van der Waals surface area contributed by atoms with Gasteiger partial charge in [-0.15, -0.1) is 0 Å². The summed E-state index contributed by atoms with van der Waals surface area (Å²) < 4.78 is 5.24.